The van der Waals surface area contributed by atoms with Crippen LogP contribution < -0.4 is 5.32 Å². The van der Waals surface area contributed by atoms with Crippen molar-refractivity contribution < 1.29 is 0 Å². The van der Waals surface area contributed by atoms with Crippen LogP contribution in [0.2, 0.25) is 0 Å². The van der Waals surface area contributed by atoms with Crippen molar-refractivity contribution in [2.75, 3.05) is 6.54 Å². The second-order valence-corrected chi connectivity index (χ2v) is 4.69. The van der Waals surface area contributed by atoms with Gasteiger partial charge < -0.3 is 9.88 Å². The predicted octanol–water partition coefficient (Wildman–Crippen LogP) is 2.82. The molecule has 0 aliphatic carbocycles. The zero-order chi connectivity index (χ0) is 13.0. The molecule has 18 heavy (non-hydrogen) atoms. The van der Waals surface area contributed by atoms with Crippen molar-refractivity contribution in [2.24, 2.45) is 7.05 Å². The molecule has 0 bridgehead atoms. The topological polar surface area (TPSA) is 29.9 Å². The van der Waals surface area contributed by atoms with Gasteiger partial charge in [0, 0.05) is 19.4 Å². The number of aryl methyl sites for hydroxylation is 2. The van der Waals surface area contributed by atoms with E-state index in [9.17, 15) is 0 Å². The first-order valence-electron chi connectivity index (χ1n) is 6.49. The monoisotopic (exact) mass is 243 g/mol. The Morgan fingerprint density at radius 1 is 1.28 bits per heavy atom. The van der Waals surface area contributed by atoms with E-state index in [1.54, 1.807) is 0 Å². The Morgan fingerprint density at radius 2 is 2.00 bits per heavy atom. The molecule has 3 heteroatoms. The van der Waals surface area contributed by atoms with E-state index in [0.717, 1.165) is 18.8 Å². The van der Waals surface area contributed by atoms with E-state index < -0.39 is 0 Å². The lowest BCUT2D eigenvalue weighted by Crippen LogP contribution is -2.25. The first-order chi connectivity index (χ1) is 8.72. The van der Waals surface area contributed by atoms with Crippen LogP contribution in [-0.4, -0.2) is 16.1 Å². The van der Waals surface area contributed by atoms with Crippen molar-refractivity contribution in [3.8, 4) is 0 Å². The fraction of sp³-hybridized carbons (Fsp3) is 0.400. The minimum absolute atomic E-state index is 0.172. The van der Waals surface area contributed by atoms with Gasteiger partial charge in [-0.2, -0.15) is 0 Å². The average Bonchev–Trinajstić information content (AvgIpc) is 2.78. The molecule has 96 valence electrons. The van der Waals surface area contributed by atoms with E-state index in [-0.39, 0.29) is 6.04 Å². The molecule has 0 aliphatic heterocycles. The molecule has 0 amide bonds. The van der Waals surface area contributed by atoms with Crippen molar-refractivity contribution in [3.63, 3.8) is 0 Å². The minimum atomic E-state index is 0.172. The average molecular weight is 243 g/mol. The van der Waals surface area contributed by atoms with Gasteiger partial charge in [0.05, 0.1) is 6.04 Å². The number of rotatable bonds is 5. The lowest BCUT2D eigenvalue weighted by Gasteiger charge is -2.19. The van der Waals surface area contributed by atoms with E-state index in [0.29, 0.717) is 0 Å². The van der Waals surface area contributed by atoms with Crippen LogP contribution in [0.3, 0.4) is 0 Å². The fourth-order valence-electron chi connectivity index (χ4n) is 2.06. The van der Waals surface area contributed by atoms with Crippen LogP contribution in [0.15, 0.2) is 36.7 Å². The van der Waals surface area contributed by atoms with Crippen LogP contribution in [0.5, 0.6) is 0 Å². The predicted molar refractivity (Wildman–Crippen MR) is 74.5 cm³/mol. The number of nitrogens with one attached hydrogen (secondary N) is 1. The highest BCUT2D eigenvalue weighted by molar-refractivity contribution is 5.28. The van der Waals surface area contributed by atoms with Crippen LogP contribution in [0.4, 0.5) is 0 Å². The number of hydrogen-bond acceptors (Lipinski definition) is 2. The summed E-state index contributed by atoms with van der Waals surface area (Å²) in [4.78, 5) is 4.47. The molecule has 0 fully saturated rings. The minimum Gasteiger partial charge on any atom is -0.336 e. The molecule has 1 heterocycles. The quantitative estimate of drug-likeness (QED) is 0.875. The van der Waals surface area contributed by atoms with Crippen LogP contribution >= 0.6 is 0 Å². The summed E-state index contributed by atoms with van der Waals surface area (Å²) in [5, 5.41) is 3.57. The molecule has 0 saturated heterocycles. The van der Waals surface area contributed by atoms with Crippen LogP contribution in [-0.2, 0) is 7.05 Å². The second kappa shape index (κ2) is 5.83. The molecular weight excluding hydrogens is 222 g/mol. The fourth-order valence-corrected chi connectivity index (χ4v) is 2.06. The molecule has 0 radical (unpaired) electrons. The Bertz CT molecular complexity index is 485. The highest BCUT2D eigenvalue weighted by atomic mass is 15.1. The van der Waals surface area contributed by atoms with Gasteiger partial charge in [0.1, 0.15) is 5.82 Å². The molecule has 0 aliphatic rings. The number of benzene rings is 1. The standard InChI is InChI=1S/C15H21N3/c1-4-9-16-14(15-17-10-11-18(15)3)13-7-5-12(2)6-8-13/h5-8,10-11,14,16H,4,9H2,1-3H3. The third kappa shape index (κ3) is 2.79. The van der Waals surface area contributed by atoms with E-state index in [1.807, 2.05) is 19.4 Å². The van der Waals surface area contributed by atoms with E-state index in [1.165, 1.54) is 11.1 Å². The third-order valence-electron chi connectivity index (χ3n) is 3.13. The highest BCUT2D eigenvalue weighted by Crippen LogP contribution is 2.20. The summed E-state index contributed by atoms with van der Waals surface area (Å²) in [6.45, 7) is 5.28. The van der Waals surface area contributed by atoms with Gasteiger partial charge in [-0.15, -0.1) is 0 Å². The van der Waals surface area contributed by atoms with Gasteiger partial charge in [-0.05, 0) is 25.5 Å². The van der Waals surface area contributed by atoms with E-state index in [4.69, 9.17) is 0 Å². The molecule has 1 N–H and O–H groups in total. The molecule has 3 nitrogen and oxygen atoms in total. The third-order valence-corrected chi connectivity index (χ3v) is 3.13. The lowest BCUT2D eigenvalue weighted by atomic mass is 10.0. The van der Waals surface area contributed by atoms with Gasteiger partial charge in [0.15, 0.2) is 0 Å². The Morgan fingerprint density at radius 3 is 2.56 bits per heavy atom. The van der Waals surface area contributed by atoms with Gasteiger partial charge >= 0.3 is 0 Å². The second-order valence-electron chi connectivity index (χ2n) is 4.69. The summed E-state index contributed by atoms with van der Waals surface area (Å²) >= 11 is 0. The lowest BCUT2D eigenvalue weighted by molar-refractivity contribution is 0.555. The van der Waals surface area contributed by atoms with Gasteiger partial charge in [-0.25, -0.2) is 4.98 Å². The summed E-state index contributed by atoms with van der Waals surface area (Å²) in [6, 6.07) is 8.83. The van der Waals surface area contributed by atoms with Crippen LogP contribution in [0.1, 0.15) is 36.3 Å². The zero-order valence-corrected chi connectivity index (χ0v) is 11.4. The van der Waals surface area contributed by atoms with Crippen LogP contribution in [0.25, 0.3) is 0 Å². The zero-order valence-electron chi connectivity index (χ0n) is 11.4. The summed E-state index contributed by atoms with van der Waals surface area (Å²) in [5.74, 6) is 1.06. The Kier molecular flexibility index (Phi) is 4.15. The van der Waals surface area contributed by atoms with Crippen molar-refractivity contribution in [1.29, 1.82) is 0 Å². The summed E-state index contributed by atoms with van der Waals surface area (Å²) in [7, 11) is 2.04. The summed E-state index contributed by atoms with van der Waals surface area (Å²) < 4.78 is 2.08. The van der Waals surface area contributed by atoms with Crippen LogP contribution in [0, 0.1) is 6.92 Å². The van der Waals surface area contributed by atoms with Gasteiger partial charge in [-0.3, -0.25) is 0 Å². The molecule has 1 aromatic carbocycles. The molecule has 1 atom stereocenters. The molecular formula is C15H21N3. The maximum absolute atomic E-state index is 4.47. The van der Waals surface area contributed by atoms with E-state index in [2.05, 4.69) is 53.0 Å². The number of imidazole rings is 1. The smallest absolute Gasteiger partial charge is 0.130 e. The number of nitrogens with zero attached hydrogens (tertiary/aromatic N) is 2. The Hall–Kier alpha value is -1.61. The molecule has 0 spiro atoms. The molecule has 2 rings (SSSR count). The van der Waals surface area contributed by atoms with Gasteiger partial charge in [0.25, 0.3) is 0 Å². The molecule has 0 saturated carbocycles. The van der Waals surface area contributed by atoms with Gasteiger partial charge in [0.2, 0.25) is 0 Å². The maximum Gasteiger partial charge on any atom is 0.130 e. The number of hydrogen-bond donors (Lipinski definition) is 1. The SMILES string of the molecule is CCCNC(c1ccc(C)cc1)c1nccn1C. The van der Waals surface area contributed by atoms with Crippen molar-refractivity contribution in [2.45, 2.75) is 26.3 Å². The normalized spacial score (nSPS) is 12.6. The van der Waals surface area contributed by atoms with Crippen molar-refractivity contribution in [1.82, 2.24) is 14.9 Å². The summed E-state index contributed by atoms with van der Waals surface area (Å²) in [5.41, 5.74) is 2.55. The van der Waals surface area contributed by atoms with E-state index >= 15 is 0 Å². The maximum atomic E-state index is 4.47. The first kappa shape index (κ1) is 12.8. The summed E-state index contributed by atoms with van der Waals surface area (Å²) in [6.07, 6.45) is 4.96. The Balaban J connectivity index is 2.30. The molecule has 1 unspecified atom stereocenters. The highest BCUT2D eigenvalue weighted by Gasteiger charge is 2.16. The van der Waals surface area contributed by atoms with Crippen molar-refractivity contribution >= 4 is 0 Å². The number of aromatic nitrogens is 2. The molecule has 2 aromatic rings. The largest absolute Gasteiger partial charge is 0.336 e. The first-order valence-corrected chi connectivity index (χ1v) is 6.49. The molecule has 1 aromatic heterocycles. The van der Waals surface area contributed by atoms with Crippen molar-refractivity contribution in [3.05, 3.63) is 53.6 Å². The van der Waals surface area contributed by atoms with Gasteiger partial charge in [-0.1, -0.05) is 36.8 Å². The Labute approximate surface area is 109 Å².